The van der Waals surface area contributed by atoms with Crippen molar-refractivity contribution in [3.63, 3.8) is 0 Å². The van der Waals surface area contributed by atoms with Crippen LogP contribution < -0.4 is 0 Å². The number of aryl methyl sites for hydroxylation is 6. The number of thiophene rings is 4. The molecule has 0 bridgehead atoms. The van der Waals surface area contributed by atoms with E-state index in [-0.39, 0.29) is 0 Å². The van der Waals surface area contributed by atoms with Crippen molar-refractivity contribution in [1.82, 2.24) is 0 Å². The minimum atomic E-state index is 1.17. The Morgan fingerprint density at radius 1 is 0.531 bits per heavy atom. The summed E-state index contributed by atoms with van der Waals surface area (Å²) in [6.07, 6.45) is 4.73. The lowest BCUT2D eigenvalue weighted by Crippen LogP contribution is -1.98. The molecule has 0 spiro atoms. The largest absolute Gasteiger partial charge is 0.139 e. The molecular weight excluding hydrogens is 465 g/mol. The highest BCUT2D eigenvalue weighted by Crippen LogP contribution is 2.53. The lowest BCUT2D eigenvalue weighted by molar-refractivity contribution is 0.965. The number of hydrogen-bond donors (Lipinski definition) is 0. The Kier molecular flexibility index (Phi) is 3.65. The van der Waals surface area contributed by atoms with Gasteiger partial charge in [-0.3, -0.25) is 0 Å². The predicted octanol–water partition coefficient (Wildman–Crippen LogP) is 9.54. The maximum Gasteiger partial charge on any atom is 0.0490 e. The molecule has 8 rings (SSSR count). The van der Waals surface area contributed by atoms with E-state index >= 15 is 0 Å². The summed E-state index contributed by atoms with van der Waals surface area (Å²) in [6, 6.07) is 14.5. The zero-order valence-corrected chi connectivity index (χ0v) is 21.2. The van der Waals surface area contributed by atoms with Crippen LogP contribution in [0.4, 0.5) is 0 Å². The number of rotatable bonds is 0. The summed E-state index contributed by atoms with van der Waals surface area (Å²) in [6.45, 7) is 4.46. The standard InChI is InChI=1S/C28H20S4/c1-13-3-5-16-17-7-8-19-21-12-23-20(11-24(21)32-28(19)27(17)30-22(16)9-13)18-6-4-15-10-14(2)29-25(15)26(18)31-23/h3,5,9-12H,4,6-8H2,1-2H3. The fourth-order valence-electron chi connectivity index (χ4n) is 5.79. The van der Waals surface area contributed by atoms with Gasteiger partial charge in [-0.15, -0.1) is 45.3 Å². The van der Waals surface area contributed by atoms with Gasteiger partial charge in [-0.25, -0.2) is 0 Å². The predicted molar refractivity (Wildman–Crippen MR) is 146 cm³/mol. The maximum atomic E-state index is 2.53. The molecule has 0 saturated carbocycles. The Morgan fingerprint density at radius 2 is 1.09 bits per heavy atom. The van der Waals surface area contributed by atoms with Crippen molar-refractivity contribution in [2.24, 2.45) is 0 Å². The van der Waals surface area contributed by atoms with Crippen molar-refractivity contribution in [3.8, 4) is 19.5 Å². The molecule has 0 nitrogen and oxygen atoms in total. The number of benzene rings is 2. The molecule has 0 amide bonds. The van der Waals surface area contributed by atoms with E-state index < -0.39 is 0 Å². The van der Waals surface area contributed by atoms with Gasteiger partial charge in [0.2, 0.25) is 0 Å². The average molecular weight is 485 g/mol. The lowest BCUT2D eigenvalue weighted by atomic mass is 9.92. The van der Waals surface area contributed by atoms with Crippen LogP contribution in [0, 0.1) is 13.8 Å². The van der Waals surface area contributed by atoms with Crippen LogP contribution in [-0.2, 0) is 25.7 Å². The van der Waals surface area contributed by atoms with Gasteiger partial charge >= 0.3 is 0 Å². The molecule has 0 radical (unpaired) electrons. The zero-order valence-electron chi connectivity index (χ0n) is 17.9. The Hall–Kier alpha value is -1.98. The van der Waals surface area contributed by atoms with Crippen molar-refractivity contribution < 1.29 is 0 Å². The first-order valence-electron chi connectivity index (χ1n) is 11.3. The van der Waals surface area contributed by atoms with Gasteiger partial charge in [0.25, 0.3) is 0 Å². The second-order valence-corrected chi connectivity index (χ2v) is 13.7. The molecular formula is C28H20S4. The summed E-state index contributed by atoms with van der Waals surface area (Å²) in [5, 5.41) is 4.51. The fourth-order valence-corrected chi connectivity index (χ4v) is 11.1. The monoisotopic (exact) mass is 484 g/mol. The van der Waals surface area contributed by atoms with E-state index in [1.165, 1.54) is 71.3 Å². The van der Waals surface area contributed by atoms with Gasteiger partial charge in [-0.2, -0.15) is 0 Å². The Balaban J connectivity index is 1.37. The fraction of sp³-hybridized carbons (Fsp3) is 0.214. The van der Waals surface area contributed by atoms with E-state index in [2.05, 4.69) is 50.2 Å². The van der Waals surface area contributed by atoms with Crippen molar-refractivity contribution in [1.29, 1.82) is 0 Å². The second kappa shape index (κ2) is 6.32. The number of hydrogen-bond acceptors (Lipinski definition) is 4. The second-order valence-electron chi connectivity index (χ2n) is 9.28. The molecule has 0 saturated heterocycles. The van der Waals surface area contributed by atoms with E-state index in [0.29, 0.717) is 0 Å². The average Bonchev–Trinajstić information content (AvgIpc) is 3.51. The van der Waals surface area contributed by atoms with E-state index in [4.69, 9.17) is 0 Å². The van der Waals surface area contributed by atoms with Gasteiger partial charge in [-0.05, 0) is 108 Å². The topological polar surface area (TPSA) is 0 Å². The highest BCUT2D eigenvalue weighted by atomic mass is 32.1. The van der Waals surface area contributed by atoms with Crippen LogP contribution in [-0.4, -0.2) is 0 Å². The van der Waals surface area contributed by atoms with Crippen LogP contribution in [0.5, 0.6) is 0 Å². The van der Waals surface area contributed by atoms with Gasteiger partial charge in [0.05, 0.1) is 0 Å². The van der Waals surface area contributed by atoms with Crippen LogP contribution >= 0.6 is 45.3 Å². The smallest absolute Gasteiger partial charge is 0.0490 e. The summed E-state index contributed by atoms with van der Waals surface area (Å²) in [7, 11) is 0. The molecule has 2 aliphatic carbocycles. The van der Waals surface area contributed by atoms with Crippen LogP contribution in [0.1, 0.15) is 32.7 Å². The first-order valence-corrected chi connectivity index (χ1v) is 14.5. The first kappa shape index (κ1) is 18.4. The molecule has 2 aromatic carbocycles. The highest BCUT2D eigenvalue weighted by molar-refractivity contribution is 7.29. The molecule has 0 atom stereocenters. The lowest BCUT2D eigenvalue weighted by Gasteiger charge is -2.12. The van der Waals surface area contributed by atoms with Crippen molar-refractivity contribution in [2.75, 3.05) is 0 Å². The third-order valence-corrected chi connectivity index (χ3v) is 12.3. The summed E-state index contributed by atoms with van der Waals surface area (Å²) in [5.74, 6) is 0. The van der Waals surface area contributed by atoms with Gasteiger partial charge in [-0.1, -0.05) is 12.1 Å². The third-order valence-electron chi connectivity index (χ3n) is 7.27. The third kappa shape index (κ3) is 2.36. The van der Waals surface area contributed by atoms with Crippen molar-refractivity contribution >= 4 is 75.6 Å². The van der Waals surface area contributed by atoms with E-state index in [1.807, 2.05) is 45.3 Å². The molecule has 0 N–H and O–H groups in total. The molecule has 4 heterocycles. The molecule has 4 heteroatoms. The molecule has 2 aliphatic rings. The van der Waals surface area contributed by atoms with E-state index in [9.17, 15) is 0 Å². The Morgan fingerprint density at radius 3 is 1.78 bits per heavy atom. The van der Waals surface area contributed by atoms with Crippen LogP contribution in [0.15, 0.2) is 36.4 Å². The maximum absolute atomic E-state index is 2.53. The molecule has 0 unspecified atom stereocenters. The Bertz CT molecular complexity index is 1750. The summed E-state index contributed by atoms with van der Waals surface area (Å²) >= 11 is 8.07. The minimum absolute atomic E-state index is 1.17. The van der Waals surface area contributed by atoms with E-state index in [1.54, 1.807) is 36.9 Å². The summed E-state index contributed by atoms with van der Waals surface area (Å²) in [4.78, 5) is 7.62. The van der Waals surface area contributed by atoms with Gasteiger partial charge in [0.15, 0.2) is 0 Å². The van der Waals surface area contributed by atoms with Crippen LogP contribution in [0.3, 0.4) is 0 Å². The summed E-state index contributed by atoms with van der Waals surface area (Å²) in [5.41, 5.74) is 7.72. The SMILES string of the molecule is Cc1ccc2c3c(sc2c1)-c1sc2cc4c5c(sc4cc2c1CC3)-c1sc(C)cc1CC5. The van der Waals surface area contributed by atoms with Crippen LogP contribution in [0.25, 0.3) is 49.8 Å². The van der Waals surface area contributed by atoms with Crippen molar-refractivity contribution in [2.45, 2.75) is 39.5 Å². The quantitative estimate of drug-likeness (QED) is 0.201. The molecule has 0 fully saturated rings. The Labute approximate surface area is 202 Å². The molecule has 0 aliphatic heterocycles. The van der Waals surface area contributed by atoms with Crippen LogP contribution in [0.2, 0.25) is 0 Å². The normalized spacial score (nSPS) is 14.7. The van der Waals surface area contributed by atoms with E-state index in [0.717, 1.165) is 0 Å². The molecule has 32 heavy (non-hydrogen) atoms. The molecule has 156 valence electrons. The minimum Gasteiger partial charge on any atom is -0.139 e. The van der Waals surface area contributed by atoms with Gasteiger partial charge in [0, 0.05) is 38.5 Å². The van der Waals surface area contributed by atoms with Gasteiger partial charge < -0.3 is 0 Å². The van der Waals surface area contributed by atoms with Gasteiger partial charge in [0.1, 0.15) is 0 Å². The summed E-state index contributed by atoms with van der Waals surface area (Å²) < 4.78 is 4.43. The zero-order chi connectivity index (χ0) is 21.1. The number of fused-ring (bicyclic) bond motifs is 12. The molecule has 6 aromatic rings. The molecule has 4 aromatic heterocycles. The highest BCUT2D eigenvalue weighted by Gasteiger charge is 2.27. The first-order chi connectivity index (χ1) is 15.6. The van der Waals surface area contributed by atoms with Crippen molar-refractivity contribution in [3.05, 3.63) is 69.1 Å².